The Morgan fingerprint density at radius 1 is 1.27 bits per heavy atom. The molecule has 1 heterocycles. The topological polar surface area (TPSA) is 32.3 Å². The highest BCUT2D eigenvalue weighted by Gasteiger charge is 2.21. The Bertz CT molecular complexity index is 307. The van der Waals surface area contributed by atoms with E-state index in [0.717, 1.165) is 6.42 Å². The number of aliphatic hydroxyl groups excluding tert-OH is 1. The third-order valence-electron chi connectivity index (χ3n) is 3.18. The van der Waals surface area contributed by atoms with Crippen LogP contribution in [-0.4, -0.2) is 17.8 Å². The Balaban J connectivity index is 2.06. The summed E-state index contributed by atoms with van der Waals surface area (Å²) in [5.41, 5.74) is 2.65. The molecule has 0 radical (unpaired) electrons. The number of benzene rings is 1. The lowest BCUT2D eigenvalue weighted by Gasteiger charge is -2.30. The Morgan fingerprint density at radius 3 is 2.67 bits per heavy atom. The number of hydrogen-bond acceptors (Lipinski definition) is 2. The van der Waals surface area contributed by atoms with Crippen LogP contribution >= 0.6 is 0 Å². The van der Waals surface area contributed by atoms with Crippen molar-refractivity contribution in [1.29, 1.82) is 0 Å². The van der Waals surface area contributed by atoms with Gasteiger partial charge in [-0.05, 0) is 31.7 Å². The normalized spacial score (nSPS) is 26.5. The van der Waals surface area contributed by atoms with Crippen LogP contribution in [0.1, 0.15) is 36.4 Å². The molecule has 2 N–H and O–H groups in total. The van der Waals surface area contributed by atoms with Gasteiger partial charge in [0.15, 0.2) is 0 Å². The molecule has 1 aromatic carbocycles. The van der Waals surface area contributed by atoms with Gasteiger partial charge in [-0.1, -0.05) is 29.8 Å². The molecule has 1 saturated heterocycles. The Morgan fingerprint density at radius 2 is 2.00 bits per heavy atom. The van der Waals surface area contributed by atoms with Gasteiger partial charge >= 0.3 is 0 Å². The Kier molecular flexibility index (Phi) is 3.39. The minimum absolute atomic E-state index is 0.252. The SMILES string of the molecule is Cc1ccc(C2CCCC(CO)N2)cc1. The molecule has 1 fully saturated rings. The van der Waals surface area contributed by atoms with Gasteiger partial charge in [0.25, 0.3) is 0 Å². The molecule has 15 heavy (non-hydrogen) atoms. The average molecular weight is 205 g/mol. The summed E-state index contributed by atoms with van der Waals surface area (Å²) in [5, 5.41) is 12.6. The first kappa shape index (κ1) is 10.7. The largest absolute Gasteiger partial charge is 0.395 e. The average Bonchev–Trinajstić information content (AvgIpc) is 2.30. The molecular weight excluding hydrogens is 186 g/mol. The van der Waals surface area contributed by atoms with E-state index >= 15 is 0 Å². The molecule has 0 spiro atoms. The maximum absolute atomic E-state index is 9.14. The van der Waals surface area contributed by atoms with Crippen molar-refractivity contribution in [1.82, 2.24) is 5.32 Å². The van der Waals surface area contributed by atoms with Crippen molar-refractivity contribution >= 4 is 0 Å². The maximum Gasteiger partial charge on any atom is 0.0584 e. The monoisotopic (exact) mass is 205 g/mol. The quantitative estimate of drug-likeness (QED) is 0.775. The van der Waals surface area contributed by atoms with Crippen LogP contribution in [0.2, 0.25) is 0 Å². The van der Waals surface area contributed by atoms with E-state index in [1.165, 1.54) is 24.0 Å². The fourth-order valence-corrected chi connectivity index (χ4v) is 2.23. The van der Waals surface area contributed by atoms with Gasteiger partial charge in [0.1, 0.15) is 0 Å². The van der Waals surface area contributed by atoms with Crippen molar-refractivity contribution in [3.63, 3.8) is 0 Å². The van der Waals surface area contributed by atoms with E-state index in [9.17, 15) is 0 Å². The number of rotatable bonds is 2. The van der Waals surface area contributed by atoms with Crippen molar-refractivity contribution in [3.8, 4) is 0 Å². The summed E-state index contributed by atoms with van der Waals surface area (Å²) in [7, 11) is 0. The van der Waals surface area contributed by atoms with Crippen LogP contribution in [0.4, 0.5) is 0 Å². The zero-order valence-electron chi connectivity index (χ0n) is 9.24. The lowest BCUT2D eigenvalue weighted by molar-refractivity contribution is 0.198. The second-order valence-electron chi connectivity index (χ2n) is 4.44. The summed E-state index contributed by atoms with van der Waals surface area (Å²) in [6.07, 6.45) is 3.48. The van der Waals surface area contributed by atoms with Gasteiger partial charge in [-0.15, -0.1) is 0 Å². The molecule has 1 aromatic rings. The molecule has 0 bridgehead atoms. The zero-order valence-corrected chi connectivity index (χ0v) is 9.24. The Labute approximate surface area is 91.3 Å². The maximum atomic E-state index is 9.14. The first-order valence-corrected chi connectivity index (χ1v) is 5.73. The second kappa shape index (κ2) is 4.77. The molecule has 0 aromatic heterocycles. The molecular formula is C13H19NO. The highest BCUT2D eigenvalue weighted by molar-refractivity contribution is 5.24. The van der Waals surface area contributed by atoms with E-state index < -0.39 is 0 Å². The lowest BCUT2D eigenvalue weighted by atomic mass is 9.93. The fourth-order valence-electron chi connectivity index (χ4n) is 2.23. The standard InChI is InChI=1S/C13H19NO/c1-10-5-7-11(8-6-10)13-4-2-3-12(9-15)14-13/h5-8,12-15H,2-4,9H2,1H3. The van der Waals surface area contributed by atoms with E-state index in [2.05, 4.69) is 36.5 Å². The van der Waals surface area contributed by atoms with Crippen molar-refractivity contribution in [2.75, 3.05) is 6.61 Å². The van der Waals surface area contributed by atoms with Crippen molar-refractivity contribution in [2.45, 2.75) is 38.3 Å². The summed E-state index contributed by atoms with van der Waals surface area (Å²) >= 11 is 0. The lowest BCUT2D eigenvalue weighted by Crippen LogP contribution is -2.39. The van der Waals surface area contributed by atoms with Crippen molar-refractivity contribution in [3.05, 3.63) is 35.4 Å². The van der Waals surface area contributed by atoms with Crippen LogP contribution in [0, 0.1) is 6.92 Å². The summed E-state index contributed by atoms with van der Waals surface area (Å²) in [6.45, 7) is 2.36. The smallest absolute Gasteiger partial charge is 0.0584 e. The number of hydrogen-bond donors (Lipinski definition) is 2. The zero-order chi connectivity index (χ0) is 10.7. The van der Waals surface area contributed by atoms with E-state index in [1.54, 1.807) is 0 Å². The van der Waals surface area contributed by atoms with Crippen molar-refractivity contribution in [2.24, 2.45) is 0 Å². The van der Waals surface area contributed by atoms with Crippen LogP contribution < -0.4 is 5.32 Å². The molecule has 1 aliphatic rings. The number of aliphatic hydroxyl groups is 1. The first-order valence-electron chi connectivity index (χ1n) is 5.73. The molecule has 82 valence electrons. The second-order valence-corrected chi connectivity index (χ2v) is 4.44. The molecule has 2 nitrogen and oxygen atoms in total. The van der Waals surface area contributed by atoms with E-state index in [4.69, 9.17) is 5.11 Å². The molecule has 2 unspecified atom stereocenters. The van der Waals surface area contributed by atoms with Gasteiger partial charge in [0.05, 0.1) is 6.61 Å². The van der Waals surface area contributed by atoms with E-state index in [-0.39, 0.29) is 12.6 Å². The molecule has 2 rings (SSSR count). The first-order chi connectivity index (χ1) is 7.29. The molecule has 0 aliphatic carbocycles. The van der Waals surface area contributed by atoms with Gasteiger partial charge in [0.2, 0.25) is 0 Å². The molecule has 2 atom stereocenters. The third-order valence-corrected chi connectivity index (χ3v) is 3.18. The van der Waals surface area contributed by atoms with Gasteiger partial charge in [-0.25, -0.2) is 0 Å². The van der Waals surface area contributed by atoms with Crippen LogP contribution in [0.5, 0.6) is 0 Å². The number of aryl methyl sites for hydroxylation is 1. The predicted octanol–water partition coefficient (Wildman–Crippen LogP) is 2.17. The molecule has 1 aliphatic heterocycles. The van der Waals surface area contributed by atoms with E-state index in [1.807, 2.05) is 0 Å². The van der Waals surface area contributed by atoms with E-state index in [0.29, 0.717) is 6.04 Å². The minimum Gasteiger partial charge on any atom is -0.395 e. The molecule has 2 heteroatoms. The van der Waals surface area contributed by atoms with Gasteiger partial charge in [0, 0.05) is 12.1 Å². The van der Waals surface area contributed by atoms with Crippen LogP contribution in [0.3, 0.4) is 0 Å². The molecule has 0 amide bonds. The number of piperidine rings is 1. The van der Waals surface area contributed by atoms with Crippen LogP contribution in [-0.2, 0) is 0 Å². The summed E-state index contributed by atoms with van der Waals surface area (Å²) < 4.78 is 0. The minimum atomic E-state index is 0.252. The Hall–Kier alpha value is -0.860. The summed E-state index contributed by atoms with van der Waals surface area (Å²) in [4.78, 5) is 0. The highest BCUT2D eigenvalue weighted by Crippen LogP contribution is 2.25. The van der Waals surface area contributed by atoms with Crippen LogP contribution in [0.25, 0.3) is 0 Å². The molecule has 0 saturated carbocycles. The van der Waals surface area contributed by atoms with Gasteiger partial charge < -0.3 is 10.4 Å². The van der Waals surface area contributed by atoms with Crippen molar-refractivity contribution < 1.29 is 5.11 Å². The summed E-state index contributed by atoms with van der Waals surface area (Å²) in [5.74, 6) is 0. The highest BCUT2D eigenvalue weighted by atomic mass is 16.3. The van der Waals surface area contributed by atoms with Gasteiger partial charge in [-0.2, -0.15) is 0 Å². The van der Waals surface area contributed by atoms with Crippen LogP contribution in [0.15, 0.2) is 24.3 Å². The number of nitrogens with one attached hydrogen (secondary N) is 1. The van der Waals surface area contributed by atoms with Gasteiger partial charge in [-0.3, -0.25) is 0 Å². The third kappa shape index (κ3) is 2.58. The fraction of sp³-hybridized carbons (Fsp3) is 0.538. The summed E-state index contributed by atoms with van der Waals surface area (Å²) in [6, 6.07) is 9.39. The predicted molar refractivity (Wildman–Crippen MR) is 61.8 cm³/mol.